The maximum atomic E-state index is 13.5. The summed E-state index contributed by atoms with van der Waals surface area (Å²) in [6.45, 7) is 1.73. The van der Waals surface area contributed by atoms with E-state index >= 15 is 0 Å². The molecule has 0 saturated heterocycles. The van der Waals surface area contributed by atoms with E-state index in [1.54, 1.807) is 29.9 Å². The summed E-state index contributed by atoms with van der Waals surface area (Å²) in [5.41, 5.74) is 6.73. The van der Waals surface area contributed by atoms with E-state index in [4.69, 9.17) is 10.5 Å². The van der Waals surface area contributed by atoms with Gasteiger partial charge >= 0.3 is 0 Å². The summed E-state index contributed by atoms with van der Waals surface area (Å²) >= 11 is 0. The van der Waals surface area contributed by atoms with Crippen molar-refractivity contribution in [2.24, 2.45) is 5.92 Å². The summed E-state index contributed by atoms with van der Waals surface area (Å²) in [7, 11) is 0. The van der Waals surface area contributed by atoms with Crippen LogP contribution in [-0.4, -0.2) is 42.8 Å². The van der Waals surface area contributed by atoms with Crippen molar-refractivity contribution >= 4 is 23.2 Å². The quantitative estimate of drug-likeness (QED) is 0.419. The number of anilines is 2. The second kappa shape index (κ2) is 7.64. The number of fused-ring (bicyclic) bond motifs is 2. The number of hydrogen-bond donors (Lipinski definition) is 2. The number of halogens is 3. The fraction of sp³-hybridized carbons (Fsp3) is 0.292. The molecule has 1 aromatic carbocycles. The van der Waals surface area contributed by atoms with Crippen molar-refractivity contribution in [2.45, 2.75) is 31.1 Å². The van der Waals surface area contributed by atoms with Gasteiger partial charge in [-0.3, -0.25) is 4.79 Å². The minimum Gasteiger partial charge on any atom is -0.475 e. The third-order valence-electron chi connectivity index (χ3n) is 6.78. The Labute approximate surface area is 202 Å². The van der Waals surface area contributed by atoms with Crippen molar-refractivity contribution in [1.29, 1.82) is 0 Å². The number of amides is 1. The number of nitrogens with two attached hydrogens (primary N) is 1. The van der Waals surface area contributed by atoms with Gasteiger partial charge in [-0.2, -0.15) is 0 Å². The summed E-state index contributed by atoms with van der Waals surface area (Å²) in [5, 5.41) is 2.75. The van der Waals surface area contributed by atoms with Gasteiger partial charge in [-0.1, -0.05) is 12.1 Å². The van der Waals surface area contributed by atoms with Crippen LogP contribution in [0.4, 0.5) is 24.8 Å². The number of rotatable bonds is 6. The van der Waals surface area contributed by atoms with Crippen LogP contribution >= 0.6 is 0 Å². The highest BCUT2D eigenvalue weighted by molar-refractivity contribution is 6.09. The van der Waals surface area contributed by atoms with Gasteiger partial charge in [0, 0.05) is 30.9 Å². The van der Waals surface area contributed by atoms with Gasteiger partial charge in [0.15, 0.2) is 5.82 Å². The largest absolute Gasteiger partial charge is 0.475 e. The Bertz CT molecular complexity index is 1520. The molecule has 1 aliphatic carbocycles. The van der Waals surface area contributed by atoms with Crippen LogP contribution in [0.3, 0.4) is 0 Å². The molecule has 2 atom stereocenters. The second-order valence-corrected chi connectivity index (χ2v) is 9.13. The highest BCUT2D eigenvalue weighted by Crippen LogP contribution is 2.50. The molecule has 3 aromatic heterocycles. The summed E-state index contributed by atoms with van der Waals surface area (Å²) in [6.07, 6.45) is 4.91. The zero-order valence-corrected chi connectivity index (χ0v) is 19.0. The first kappa shape index (κ1) is 22.3. The summed E-state index contributed by atoms with van der Waals surface area (Å²) in [4.78, 5) is 30.6. The highest BCUT2D eigenvalue weighted by Gasteiger charge is 2.56. The number of carbonyl (C=O) groups excluding carboxylic acids is 1. The lowest BCUT2D eigenvalue weighted by Gasteiger charge is -2.23. The zero-order valence-electron chi connectivity index (χ0n) is 19.0. The first-order valence-electron chi connectivity index (χ1n) is 11.3. The van der Waals surface area contributed by atoms with E-state index in [9.17, 15) is 18.0 Å². The smallest absolute Gasteiger partial charge is 0.259 e. The van der Waals surface area contributed by atoms with Crippen molar-refractivity contribution in [2.75, 3.05) is 17.7 Å². The van der Waals surface area contributed by atoms with E-state index in [0.29, 0.717) is 16.8 Å². The number of ether oxygens (including phenoxy) is 1. The molecule has 9 nitrogen and oxygen atoms in total. The topological polar surface area (TPSA) is 120 Å². The highest BCUT2D eigenvalue weighted by atomic mass is 19.3. The van der Waals surface area contributed by atoms with Gasteiger partial charge in [-0.05, 0) is 31.0 Å². The number of imidazole rings is 1. The molecule has 2 aliphatic rings. The predicted octanol–water partition coefficient (Wildman–Crippen LogP) is 3.59. The van der Waals surface area contributed by atoms with Gasteiger partial charge in [0.05, 0.1) is 12.2 Å². The molecule has 1 fully saturated rings. The zero-order chi connectivity index (χ0) is 25.2. The number of nitrogen functional groups attached to an aromatic ring is 1. The Morgan fingerprint density at radius 2 is 1.97 bits per heavy atom. The van der Waals surface area contributed by atoms with Crippen LogP contribution in [0.1, 0.15) is 30.9 Å². The molecule has 36 heavy (non-hydrogen) atoms. The molecule has 0 spiro atoms. The Hall–Kier alpha value is -4.22. The first-order chi connectivity index (χ1) is 17.2. The number of nitrogens with one attached hydrogen (secondary N) is 1. The third-order valence-corrected chi connectivity index (χ3v) is 6.78. The molecule has 4 heterocycles. The molecule has 0 bridgehead atoms. The molecule has 12 heteroatoms. The molecule has 2 unspecified atom stereocenters. The normalized spacial score (nSPS) is 21.9. The molecule has 1 saturated carbocycles. The van der Waals surface area contributed by atoms with Crippen LogP contribution in [0, 0.1) is 11.7 Å². The van der Waals surface area contributed by atoms with E-state index in [1.165, 1.54) is 24.3 Å². The first-order valence-corrected chi connectivity index (χ1v) is 11.3. The van der Waals surface area contributed by atoms with Crippen molar-refractivity contribution in [1.82, 2.24) is 24.3 Å². The number of carbonyl (C=O) groups is 1. The Balaban J connectivity index is 1.36. The lowest BCUT2D eigenvalue weighted by molar-refractivity contribution is -0.119. The standard InChI is InChI=1S/C24H20F3N7O2/c1-23(12-2-4-14(25)5-3-12)16-17(28)31-18(32-19(16)33-22(23)35)15-11-34-8-7-29-20(34)21(30-15)36-9-6-13-10-24(13,26)27/h2-5,7-8,11,13H,6,9-10H2,1H3,(H3,28,31,32,33,35). The van der Waals surface area contributed by atoms with Gasteiger partial charge in [0.2, 0.25) is 11.6 Å². The molecule has 0 radical (unpaired) electrons. The van der Waals surface area contributed by atoms with Gasteiger partial charge in [-0.25, -0.2) is 33.1 Å². The molecule has 3 N–H and O–H groups in total. The van der Waals surface area contributed by atoms with Crippen LogP contribution < -0.4 is 15.8 Å². The summed E-state index contributed by atoms with van der Waals surface area (Å²) < 4.78 is 47.2. The van der Waals surface area contributed by atoms with Crippen molar-refractivity contribution in [3.63, 3.8) is 0 Å². The Morgan fingerprint density at radius 1 is 1.22 bits per heavy atom. The van der Waals surface area contributed by atoms with Gasteiger partial charge < -0.3 is 20.2 Å². The van der Waals surface area contributed by atoms with Crippen molar-refractivity contribution < 1.29 is 22.7 Å². The molecule has 1 aliphatic heterocycles. The van der Waals surface area contributed by atoms with E-state index in [-0.39, 0.29) is 54.4 Å². The predicted molar refractivity (Wildman–Crippen MR) is 123 cm³/mol. The van der Waals surface area contributed by atoms with Crippen LogP contribution in [0.15, 0.2) is 42.9 Å². The second-order valence-electron chi connectivity index (χ2n) is 9.13. The minimum absolute atomic E-state index is 0.0541. The molecule has 6 rings (SSSR count). The lowest BCUT2D eigenvalue weighted by atomic mass is 9.78. The number of nitrogens with zero attached hydrogens (tertiary/aromatic N) is 5. The van der Waals surface area contributed by atoms with Gasteiger partial charge in [-0.15, -0.1) is 0 Å². The fourth-order valence-corrected chi connectivity index (χ4v) is 4.57. The Morgan fingerprint density at radius 3 is 2.69 bits per heavy atom. The molecular formula is C24H20F3N7O2. The molecular weight excluding hydrogens is 475 g/mol. The van der Waals surface area contributed by atoms with Crippen LogP contribution in [0.2, 0.25) is 0 Å². The van der Waals surface area contributed by atoms with Crippen LogP contribution in [0.25, 0.3) is 17.2 Å². The van der Waals surface area contributed by atoms with E-state index in [2.05, 4.69) is 25.3 Å². The average molecular weight is 495 g/mol. The number of alkyl halides is 2. The van der Waals surface area contributed by atoms with E-state index in [1.807, 2.05) is 0 Å². The van der Waals surface area contributed by atoms with Crippen LogP contribution in [-0.2, 0) is 10.2 Å². The monoisotopic (exact) mass is 495 g/mol. The maximum Gasteiger partial charge on any atom is 0.259 e. The third kappa shape index (κ3) is 3.43. The fourth-order valence-electron chi connectivity index (χ4n) is 4.57. The number of hydrogen-bond acceptors (Lipinski definition) is 7. The maximum absolute atomic E-state index is 13.5. The molecule has 184 valence electrons. The Kier molecular flexibility index (Phi) is 4.72. The van der Waals surface area contributed by atoms with Crippen LogP contribution in [0.5, 0.6) is 5.88 Å². The van der Waals surface area contributed by atoms with Crippen molar-refractivity contribution in [3.05, 3.63) is 59.8 Å². The SMILES string of the molecule is CC1(c2ccc(F)cc2)C(=O)Nc2nc(-c3cn4ccnc4c(OCCC4CC4(F)F)n3)nc(N)c21. The summed E-state index contributed by atoms with van der Waals surface area (Å²) in [6, 6.07) is 5.58. The minimum atomic E-state index is -2.62. The van der Waals surface area contributed by atoms with Gasteiger partial charge in [0.25, 0.3) is 11.8 Å². The van der Waals surface area contributed by atoms with E-state index < -0.39 is 23.1 Å². The molecule has 4 aromatic rings. The molecule has 1 amide bonds. The number of benzene rings is 1. The average Bonchev–Trinajstić information content (AvgIpc) is 3.14. The van der Waals surface area contributed by atoms with E-state index in [0.717, 1.165) is 0 Å². The van der Waals surface area contributed by atoms with Gasteiger partial charge in [0.1, 0.15) is 28.6 Å². The summed E-state index contributed by atoms with van der Waals surface area (Å²) in [5.74, 6) is -3.55. The van der Waals surface area contributed by atoms with Crippen molar-refractivity contribution in [3.8, 4) is 17.4 Å². The number of aromatic nitrogens is 5. The lowest BCUT2D eigenvalue weighted by Crippen LogP contribution is -2.33.